The fourth-order valence-corrected chi connectivity index (χ4v) is 2.19. The van der Waals surface area contributed by atoms with Gasteiger partial charge in [0.05, 0.1) is 10.7 Å². The fraction of sp³-hybridized carbons (Fsp3) is 0.385. The van der Waals surface area contributed by atoms with Crippen LogP contribution < -0.4 is 21.3 Å². The lowest BCUT2D eigenvalue weighted by atomic mass is 10.1. The van der Waals surface area contributed by atoms with Crippen molar-refractivity contribution in [1.82, 2.24) is 10.6 Å². The van der Waals surface area contributed by atoms with Gasteiger partial charge < -0.3 is 16.4 Å². The predicted octanol–water partition coefficient (Wildman–Crippen LogP) is 0.948. The molecule has 0 saturated carbocycles. The van der Waals surface area contributed by atoms with Gasteiger partial charge in [-0.05, 0) is 31.2 Å². The Hall–Kier alpha value is -1.79. The van der Waals surface area contributed by atoms with Crippen molar-refractivity contribution in [2.75, 3.05) is 31.1 Å². The van der Waals surface area contributed by atoms with Gasteiger partial charge in [0.2, 0.25) is 0 Å². The number of hydrogen-bond donors (Lipinski definition) is 3. The van der Waals surface area contributed by atoms with Crippen LogP contribution in [-0.4, -0.2) is 38.1 Å². The standard InChI is InChI=1S/C13H17ClN4O2/c14-10-3-2-9(12(19)16-5-1-4-15)8-11(10)18-7-6-17-13(18)20/h2-3,8H,1,4-7,15H2,(H,16,19)(H,17,20). The minimum atomic E-state index is -0.201. The molecule has 20 heavy (non-hydrogen) atoms. The average molecular weight is 297 g/mol. The molecule has 0 atom stereocenters. The van der Waals surface area contributed by atoms with Gasteiger partial charge in [-0.15, -0.1) is 0 Å². The molecule has 3 amide bonds. The molecule has 1 aliphatic heterocycles. The molecule has 0 radical (unpaired) electrons. The number of nitrogens with two attached hydrogens (primary N) is 1. The predicted molar refractivity (Wildman–Crippen MR) is 78.2 cm³/mol. The minimum absolute atomic E-state index is 0.198. The summed E-state index contributed by atoms with van der Waals surface area (Å²) in [7, 11) is 0. The van der Waals surface area contributed by atoms with Crippen molar-refractivity contribution < 1.29 is 9.59 Å². The van der Waals surface area contributed by atoms with E-state index in [-0.39, 0.29) is 11.9 Å². The molecule has 108 valence electrons. The van der Waals surface area contributed by atoms with E-state index in [1.165, 1.54) is 4.90 Å². The molecule has 0 spiro atoms. The normalized spacial score (nSPS) is 14.3. The molecule has 1 heterocycles. The zero-order valence-corrected chi connectivity index (χ0v) is 11.7. The third-order valence-corrected chi connectivity index (χ3v) is 3.34. The Morgan fingerprint density at radius 1 is 1.50 bits per heavy atom. The third kappa shape index (κ3) is 3.20. The molecule has 2 rings (SSSR count). The lowest BCUT2D eigenvalue weighted by Gasteiger charge is -2.17. The van der Waals surface area contributed by atoms with E-state index in [0.717, 1.165) is 6.42 Å². The number of halogens is 1. The highest BCUT2D eigenvalue weighted by Gasteiger charge is 2.24. The first-order chi connectivity index (χ1) is 9.63. The molecule has 0 aromatic heterocycles. The van der Waals surface area contributed by atoms with Gasteiger partial charge in [-0.25, -0.2) is 4.79 Å². The van der Waals surface area contributed by atoms with Crippen molar-refractivity contribution >= 4 is 29.2 Å². The second-order valence-corrected chi connectivity index (χ2v) is 4.86. The van der Waals surface area contributed by atoms with Crippen LogP contribution in [0.25, 0.3) is 0 Å². The number of urea groups is 1. The summed E-state index contributed by atoms with van der Waals surface area (Å²) in [5, 5.41) is 5.91. The highest BCUT2D eigenvalue weighted by Crippen LogP contribution is 2.28. The third-order valence-electron chi connectivity index (χ3n) is 3.02. The number of benzene rings is 1. The molecule has 4 N–H and O–H groups in total. The van der Waals surface area contributed by atoms with Gasteiger partial charge in [-0.3, -0.25) is 9.69 Å². The summed E-state index contributed by atoms with van der Waals surface area (Å²) in [6, 6.07) is 4.69. The van der Waals surface area contributed by atoms with Crippen LogP contribution in [0, 0.1) is 0 Å². The average Bonchev–Trinajstić information content (AvgIpc) is 2.85. The Bertz CT molecular complexity index is 521. The van der Waals surface area contributed by atoms with E-state index in [1.54, 1.807) is 18.2 Å². The van der Waals surface area contributed by atoms with E-state index >= 15 is 0 Å². The Morgan fingerprint density at radius 2 is 2.30 bits per heavy atom. The highest BCUT2D eigenvalue weighted by atomic mass is 35.5. The van der Waals surface area contributed by atoms with Crippen LogP contribution in [0.1, 0.15) is 16.8 Å². The zero-order chi connectivity index (χ0) is 14.5. The lowest BCUT2D eigenvalue weighted by Crippen LogP contribution is -2.29. The topological polar surface area (TPSA) is 87.5 Å². The van der Waals surface area contributed by atoms with Crippen LogP contribution >= 0.6 is 11.6 Å². The molecular formula is C13H17ClN4O2. The molecule has 1 fully saturated rings. The van der Waals surface area contributed by atoms with E-state index in [1.807, 2.05) is 0 Å². The summed E-state index contributed by atoms with van der Waals surface area (Å²) in [5.41, 5.74) is 6.40. The Morgan fingerprint density at radius 3 is 2.95 bits per heavy atom. The van der Waals surface area contributed by atoms with E-state index < -0.39 is 0 Å². The fourth-order valence-electron chi connectivity index (χ4n) is 1.97. The van der Waals surface area contributed by atoms with E-state index in [2.05, 4.69) is 10.6 Å². The van der Waals surface area contributed by atoms with Crippen molar-refractivity contribution in [2.45, 2.75) is 6.42 Å². The van der Waals surface area contributed by atoms with Crippen molar-refractivity contribution in [3.63, 3.8) is 0 Å². The number of carbonyl (C=O) groups is 2. The molecule has 1 aromatic carbocycles. The van der Waals surface area contributed by atoms with Gasteiger partial charge >= 0.3 is 6.03 Å². The van der Waals surface area contributed by atoms with E-state index in [4.69, 9.17) is 17.3 Å². The smallest absolute Gasteiger partial charge is 0.322 e. The molecule has 1 aromatic rings. The summed E-state index contributed by atoms with van der Waals surface area (Å²) in [5.74, 6) is -0.198. The lowest BCUT2D eigenvalue weighted by molar-refractivity contribution is 0.0953. The first-order valence-corrected chi connectivity index (χ1v) is 6.84. The summed E-state index contributed by atoms with van der Waals surface area (Å²) in [6.07, 6.45) is 0.723. The van der Waals surface area contributed by atoms with Crippen molar-refractivity contribution in [3.8, 4) is 0 Å². The van der Waals surface area contributed by atoms with Gasteiger partial charge in [-0.2, -0.15) is 0 Å². The minimum Gasteiger partial charge on any atom is -0.352 e. The van der Waals surface area contributed by atoms with Crippen LogP contribution in [0.15, 0.2) is 18.2 Å². The Kier molecular flexibility index (Phi) is 4.81. The van der Waals surface area contributed by atoms with Gasteiger partial charge in [-0.1, -0.05) is 11.6 Å². The number of hydrogen-bond acceptors (Lipinski definition) is 3. The summed E-state index contributed by atoms with van der Waals surface area (Å²) >= 11 is 6.10. The summed E-state index contributed by atoms with van der Waals surface area (Å²) < 4.78 is 0. The number of nitrogens with one attached hydrogen (secondary N) is 2. The maximum atomic E-state index is 12.0. The van der Waals surface area contributed by atoms with Gasteiger partial charge in [0, 0.05) is 25.2 Å². The van der Waals surface area contributed by atoms with Crippen LogP contribution in [0.3, 0.4) is 0 Å². The maximum absolute atomic E-state index is 12.0. The molecule has 0 unspecified atom stereocenters. The zero-order valence-electron chi connectivity index (χ0n) is 11.0. The number of rotatable bonds is 5. The number of carbonyl (C=O) groups excluding carboxylic acids is 2. The van der Waals surface area contributed by atoms with Crippen molar-refractivity contribution in [3.05, 3.63) is 28.8 Å². The Balaban J connectivity index is 2.15. The largest absolute Gasteiger partial charge is 0.352 e. The molecule has 1 saturated heterocycles. The summed E-state index contributed by atoms with van der Waals surface area (Å²) in [6.45, 7) is 2.16. The number of anilines is 1. The van der Waals surface area contributed by atoms with Crippen molar-refractivity contribution in [1.29, 1.82) is 0 Å². The highest BCUT2D eigenvalue weighted by molar-refractivity contribution is 6.34. The van der Waals surface area contributed by atoms with Crippen LogP contribution in [0.4, 0.5) is 10.5 Å². The summed E-state index contributed by atoms with van der Waals surface area (Å²) in [4.78, 5) is 25.2. The Labute approximate surface area is 122 Å². The monoisotopic (exact) mass is 296 g/mol. The van der Waals surface area contributed by atoms with E-state index in [9.17, 15) is 9.59 Å². The van der Waals surface area contributed by atoms with Crippen LogP contribution in [0.5, 0.6) is 0 Å². The molecule has 1 aliphatic rings. The molecule has 6 nitrogen and oxygen atoms in total. The molecule has 0 aliphatic carbocycles. The van der Waals surface area contributed by atoms with E-state index in [0.29, 0.717) is 42.5 Å². The second kappa shape index (κ2) is 6.58. The van der Waals surface area contributed by atoms with Gasteiger partial charge in [0.25, 0.3) is 5.91 Å². The molecule has 7 heteroatoms. The van der Waals surface area contributed by atoms with Crippen LogP contribution in [0.2, 0.25) is 5.02 Å². The van der Waals surface area contributed by atoms with Gasteiger partial charge in [0.15, 0.2) is 0 Å². The first-order valence-electron chi connectivity index (χ1n) is 6.46. The number of amides is 3. The SMILES string of the molecule is NCCCNC(=O)c1ccc(Cl)c(N2CCNC2=O)c1. The number of nitrogens with zero attached hydrogens (tertiary/aromatic N) is 1. The van der Waals surface area contributed by atoms with Crippen molar-refractivity contribution in [2.24, 2.45) is 5.73 Å². The first kappa shape index (κ1) is 14.6. The van der Waals surface area contributed by atoms with Crippen LogP contribution in [-0.2, 0) is 0 Å². The maximum Gasteiger partial charge on any atom is 0.322 e. The molecule has 0 bridgehead atoms. The quantitative estimate of drug-likeness (QED) is 0.707. The molecular weight excluding hydrogens is 280 g/mol. The second-order valence-electron chi connectivity index (χ2n) is 4.45. The van der Waals surface area contributed by atoms with Gasteiger partial charge in [0.1, 0.15) is 0 Å².